The summed E-state index contributed by atoms with van der Waals surface area (Å²) in [5.41, 5.74) is 4.53. The standard InChI is InChI=1S/C32H30BrN3O5S/c1-22-3-5-23(6-4-22)20-35(42(39,40)29-15-10-26(33)11-16-29)21-31(37)34-27-12-7-24-17-18-36(30(24)19-27)32(38)25-8-13-28(41-2)14-9-25/h3-16,19H,17-18,20-21H2,1-2H3,(H,34,37). The van der Waals surface area contributed by atoms with Gasteiger partial charge in [-0.3, -0.25) is 9.59 Å². The molecule has 1 aliphatic rings. The number of methoxy groups -OCH3 is 1. The highest BCUT2D eigenvalue weighted by Crippen LogP contribution is 2.32. The van der Waals surface area contributed by atoms with Gasteiger partial charge in [0.2, 0.25) is 15.9 Å². The van der Waals surface area contributed by atoms with E-state index in [-0.39, 0.29) is 17.3 Å². The van der Waals surface area contributed by atoms with Gasteiger partial charge in [-0.15, -0.1) is 0 Å². The molecule has 1 N–H and O–H groups in total. The van der Waals surface area contributed by atoms with Crippen LogP contribution in [-0.4, -0.2) is 44.7 Å². The third-order valence-electron chi connectivity index (χ3n) is 7.10. The van der Waals surface area contributed by atoms with Gasteiger partial charge >= 0.3 is 0 Å². The second kappa shape index (κ2) is 12.5. The van der Waals surface area contributed by atoms with E-state index in [1.54, 1.807) is 60.5 Å². The molecular formula is C32H30BrN3O5S. The number of hydrogen-bond acceptors (Lipinski definition) is 5. The molecule has 0 aliphatic carbocycles. The summed E-state index contributed by atoms with van der Waals surface area (Å²) in [6, 6.07) is 26.2. The maximum Gasteiger partial charge on any atom is 0.258 e. The Kier molecular flexibility index (Phi) is 8.77. The zero-order chi connectivity index (χ0) is 29.9. The fourth-order valence-corrected chi connectivity index (χ4v) is 6.45. The summed E-state index contributed by atoms with van der Waals surface area (Å²) < 4.78 is 34.4. The average molecular weight is 649 g/mol. The molecule has 4 aromatic carbocycles. The fourth-order valence-electron chi connectivity index (χ4n) is 4.80. The van der Waals surface area contributed by atoms with Gasteiger partial charge in [0.25, 0.3) is 5.91 Å². The van der Waals surface area contributed by atoms with E-state index in [9.17, 15) is 18.0 Å². The van der Waals surface area contributed by atoms with Crippen molar-refractivity contribution in [3.05, 3.63) is 118 Å². The molecule has 216 valence electrons. The minimum atomic E-state index is -3.99. The lowest BCUT2D eigenvalue weighted by Crippen LogP contribution is -2.37. The van der Waals surface area contributed by atoms with Crippen LogP contribution in [0, 0.1) is 6.92 Å². The molecule has 0 spiro atoms. The van der Waals surface area contributed by atoms with Crippen LogP contribution in [0.25, 0.3) is 0 Å². The van der Waals surface area contributed by atoms with E-state index < -0.39 is 22.5 Å². The summed E-state index contributed by atoms with van der Waals surface area (Å²) >= 11 is 3.34. The highest BCUT2D eigenvalue weighted by Gasteiger charge is 2.29. The van der Waals surface area contributed by atoms with Crippen molar-refractivity contribution in [2.75, 3.05) is 30.4 Å². The molecule has 2 amide bonds. The van der Waals surface area contributed by atoms with E-state index in [0.29, 0.717) is 35.7 Å². The van der Waals surface area contributed by atoms with Crippen LogP contribution < -0.4 is 15.0 Å². The van der Waals surface area contributed by atoms with Gasteiger partial charge in [-0.05, 0) is 85.1 Å². The fraction of sp³-hybridized carbons (Fsp3) is 0.188. The number of halogens is 1. The second-order valence-corrected chi connectivity index (χ2v) is 12.9. The lowest BCUT2D eigenvalue weighted by Gasteiger charge is -2.22. The molecule has 0 aromatic heterocycles. The molecule has 1 aliphatic heterocycles. The molecule has 1 heterocycles. The van der Waals surface area contributed by atoms with Crippen molar-refractivity contribution in [2.24, 2.45) is 0 Å². The first-order valence-corrected chi connectivity index (χ1v) is 15.6. The van der Waals surface area contributed by atoms with Gasteiger partial charge in [-0.1, -0.05) is 51.8 Å². The van der Waals surface area contributed by atoms with Crippen LogP contribution >= 0.6 is 15.9 Å². The van der Waals surface area contributed by atoms with Crippen molar-refractivity contribution in [3.63, 3.8) is 0 Å². The maximum atomic E-state index is 13.6. The minimum absolute atomic E-state index is 0.0282. The molecule has 10 heteroatoms. The van der Waals surface area contributed by atoms with Crippen molar-refractivity contribution in [3.8, 4) is 5.75 Å². The number of carbonyl (C=O) groups excluding carboxylic acids is 2. The number of hydrogen-bond donors (Lipinski definition) is 1. The molecule has 0 bridgehead atoms. The predicted octanol–water partition coefficient (Wildman–Crippen LogP) is 5.80. The molecule has 42 heavy (non-hydrogen) atoms. The topological polar surface area (TPSA) is 96.0 Å². The number of sulfonamides is 1. The summed E-state index contributed by atoms with van der Waals surface area (Å²) in [4.78, 5) is 28.3. The van der Waals surface area contributed by atoms with Crippen molar-refractivity contribution in [1.82, 2.24) is 4.31 Å². The zero-order valence-electron chi connectivity index (χ0n) is 23.2. The Balaban J connectivity index is 1.35. The number of rotatable bonds is 9. The SMILES string of the molecule is COc1ccc(C(=O)N2CCc3ccc(NC(=O)CN(Cc4ccc(C)cc4)S(=O)(=O)c4ccc(Br)cc4)cc32)cc1. The Labute approximate surface area is 254 Å². The maximum absolute atomic E-state index is 13.6. The number of anilines is 2. The molecule has 0 saturated heterocycles. The van der Waals surface area contributed by atoms with Crippen LogP contribution in [0.5, 0.6) is 5.75 Å². The van der Waals surface area contributed by atoms with Gasteiger partial charge in [0, 0.05) is 34.5 Å². The largest absolute Gasteiger partial charge is 0.497 e. The van der Waals surface area contributed by atoms with E-state index in [1.165, 1.54) is 16.4 Å². The number of nitrogens with one attached hydrogen (secondary N) is 1. The van der Waals surface area contributed by atoms with Gasteiger partial charge in [0.15, 0.2) is 0 Å². The van der Waals surface area contributed by atoms with Crippen LogP contribution in [-0.2, 0) is 27.8 Å². The molecule has 0 atom stereocenters. The smallest absolute Gasteiger partial charge is 0.258 e. The first-order valence-electron chi connectivity index (χ1n) is 13.3. The molecule has 0 unspecified atom stereocenters. The number of carbonyl (C=O) groups is 2. The van der Waals surface area contributed by atoms with Crippen molar-refractivity contribution >= 4 is 49.1 Å². The Morgan fingerprint density at radius 3 is 2.31 bits per heavy atom. The number of aryl methyl sites for hydroxylation is 1. The first kappa shape index (κ1) is 29.5. The zero-order valence-corrected chi connectivity index (χ0v) is 25.6. The van der Waals surface area contributed by atoms with Gasteiger partial charge in [0.05, 0.1) is 18.6 Å². The van der Waals surface area contributed by atoms with Crippen LogP contribution in [0.3, 0.4) is 0 Å². The molecule has 0 fully saturated rings. The molecule has 5 rings (SSSR count). The number of nitrogens with zero attached hydrogens (tertiary/aromatic N) is 2. The van der Waals surface area contributed by atoms with Gasteiger partial charge in [-0.2, -0.15) is 4.31 Å². The van der Waals surface area contributed by atoms with Crippen LogP contribution in [0.1, 0.15) is 27.0 Å². The molecule has 0 saturated carbocycles. The predicted molar refractivity (Wildman–Crippen MR) is 166 cm³/mol. The van der Waals surface area contributed by atoms with E-state index in [0.717, 1.165) is 21.2 Å². The van der Waals surface area contributed by atoms with E-state index in [4.69, 9.17) is 4.74 Å². The third-order valence-corrected chi connectivity index (χ3v) is 9.43. The Bertz CT molecular complexity index is 1710. The molecule has 0 radical (unpaired) electrons. The minimum Gasteiger partial charge on any atom is -0.497 e. The highest BCUT2D eigenvalue weighted by atomic mass is 79.9. The summed E-state index contributed by atoms with van der Waals surface area (Å²) in [6.07, 6.45) is 0.696. The van der Waals surface area contributed by atoms with Crippen LogP contribution in [0.4, 0.5) is 11.4 Å². The van der Waals surface area contributed by atoms with E-state index in [2.05, 4.69) is 21.2 Å². The molecular weight excluding hydrogens is 618 g/mol. The highest BCUT2D eigenvalue weighted by molar-refractivity contribution is 9.10. The monoisotopic (exact) mass is 647 g/mol. The lowest BCUT2D eigenvalue weighted by molar-refractivity contribution is -0.116. The number of fused-ring (bicyclic) bond motifs is 1. The number of amides is 2. The van der Waals surface area contributed by atoms with Gasteiger partial charge in [-0.25, -0.2) is 8.42 Å². The molecule has 8 nitrogen and oxygen atoms in total. The van der Waals surface area contributed by atoms with Crippen molar-refractivity contribution < 1.29 is 22.7 Å². The first-order chi connectivity index (χ1) is 20.1. The lowest BCUT2D eigenvalue weighted by atomic mass is 10.1. The second-order valence-electron chi connectivity index (χ2n) is 10.0. The number of ether oxygens (including phenoxy) is 1. The van der Waals surface area contributed by atoms with E-state index >= 15 is 0 Å². The van der Waals surface area contributed by atoms with E-state index in [1.807, 2.05) is 37.3 Å². The summed E-state index contributed by atoms with van der Waals surface area (Å²) in [5.74, 6) is 0.0236. The summed E-state index contributed by atoms with van der Waals surface area (Å²) in [7, 11) is -2.42. The van der Waals surface area contributed by atoms with Gasteiger partial charge in [0.1, 0.15) is 5.75 Å². The average Bonchev–Trinajstić information content (AvgIpc) is 3.41. The normalized spacial score (nSPS) is 12.7. The van der Waals surface area contributed by atoms with Crippen LogP contribution in [0.15, 0.2) is 100 Å². The quantitative estimate of drug-likeness (QED) is 0.248. The van der Waals surface area contributed by atoms with Crippen molar-refractivity contribution in [1.29, 1.82) is 0 Å². The van der Waals surface area contributed by atoms with Crippen molar-refractivity contribution in [2.45, 2.75) is 24.8 Å². The Morgan fingerprint density at radius 1 is 0.952 bits per heavy atom. The third kappa shape index (κ3) is 6.56. The Hall–Kier alpha value is -3.99. The van der Waals surface area contributed by atoms with Gasteiger partial charge < -0.3 is 15.0 Å². The summed E-state index contributed by atoms with van der Waals surface area (Å²) in [5, 5.41) is 2.84. The molecule has 4 aromatic rings. The van der Waals surface area contributed by atoms with Crippen LogP contribution in [0.2, 0.25) is 0 Å². The number of benzene rings is 4. The summed E-state index contributed by atoms with van der Waals surface area (Å²) in [6.45, 7) is 2.11. The Morgan fingerprint density at radius 2 is 1.64 bits per heavy atom.